The fourth-order valence-electron chi connectivity index (χ4n) is 1.83. The topological polar surface area (TPSA) is 123 Å². The molecule has 0 spiro atoms. The van der Waals surface area contributed by atoms with Gasteiger partial charge in [-0.3, -0.25) is 0 Å². The zero-order valence-corrected chi connectivity index (χ0v) is 13.1. The number of nitrogens with two attached hydrogens (primary N) is 1. The molecule has 1 aromatic carbocycles. The van der Waals surface area contributed by atoms with Crippen molar-refractivity contribution < 1.29 is 17.9 Å². The summed E-state index contributed by atoms with van der Waals surface area (Å²) >= 11 is 0. The standard InChI is InChI=1S/C14H16N4O4S/c1-22-13-12(6-3-7-16-13)18-14(19)17-9-10-4-2-5-11(8-10)23(15,20)21/h2-8H,9H2,1H3,(H2,15,20,21)(H2,17,18,19). The van der Waals surface area contributed by atoms with Crippen molar-refractivity contribution in [1.82, 2.24) is 10.3 Å². The van der Waals surface area contributed by atoms with Crippen molar-refractivity contribution in [1.29, 1.82) is 0 Å². The number of hydrogen-bond donors (Lipinski definition) is 3. The maximum atomic E-state index is 11.9. The number of pyridine rings is 1. The molecular weight excluding hydrogens is 320 g/mol. The number of urea groups is 1. The van der Waals surface area contributed by atoms with Gasteiger partial charge in [0.15, 0.2) is 0 Å². The number of benzene rings is 1. The van der Waals surface area contributed by atoms with E-state index in [-0.39, 0.29) is 11.4 Å². The van der Waals surface area contributed by atoms with Gasteiger partial charge in [-0.05, 0) is 29.8 Å². The molecule has 23 heavy (non-hydrogen) atoms. The Bertz CT molecular complexity index is 808. The number of nitrogens with one attached hydrogen (secondary N) is 2. The number of carbonyl (C=O) groups excluding carboxylic acids is 1. The van der Waals surface area contributed by atoms with E-state index in [4.69, 9.17) is 9.88 Å². The van der Waals surface area contributed by atoms with Crippen LogP contribution >= 0.6 is 0 Å². The Balaban J connectivity index is 2.00. The van der Waals surface area contributed by atoms with Crippen molar-refractivity contribution in [3.05, 3.63) is 48.2 Å². The molecule has 0 saturated heterocycles. The number of ether oxygens (including phenoxy) is 1. The second kappa shape index (κ2) is 7.07. The Morgan fingerprint density at radius 2 is 2.09 bits per heavy atom. The average Bonchev–Trinajstić information content (AvgIpc) is 2.53. The zero-order valence-electron chi connectivity index (χ0n) is 12.3. The Hall–Kier alpha value is -2.65. The molecule has 2 aromatic rings. The molecule has 0 aliphatic carbocycles. The molecular formula is C14H16N4O4S. The molecule has 0 radical (unpaired) electrons. The summed E-state index contributed by atoms with van der Waals surface area (Å²) in [7, 11) is -2.33. The maximum absolute atomic E-state index is 11.9. The molecule has 0 aliphatic rings. The van der Waals surface area contributed by atoms with E-state index in [2.05, 4.69) is 15.6 Å². The summed E-state index contributed by atoms with van der Waals surface area (Å²) in [5.41, 5.74) is 1.02. The summed E-state index contributed by atoms with van der Waals surface area (Å²) in [5.74, 6) is 0.291. The highest BCUT2D eigenvalue weighted by atomic mass is 32.2. The van der Waals surface area contributed by atoms with Gasteiger partial charge < -0.3 is 15.4 Å². The molecule has 0 bridgehead atoms. The number of carbonyl (C=O) groups is 1. The van der Waals surface area contributed by atoms with Gasteiger partial charge in [-0.1, -0.05) is 12.1 Å². The number of methoxy groups -OCH3 is 1. The minimum absolute atomic E-state index is 0.00821. The summed E-state index contributed by atoms with van der Waals surface area (Å²) in [6.07, 6.45) is 1.54. The molecule has 9 heteroatoms. The van der Waals surface area contributed by atoms with E-state index in [1.165, 1.54) is 19.2 Å². The van der Waals surface area contributed by atoms with Crippen LogP contribution in [-0.2, 0) is 16.6 Å². The minimum atomic E-state index is -3.77. The lowest BCUT2D eigenvalue weighted by atomic mass is 10.2. The number of rotatable bonds is 5. The molecule has 1 heterocycles. The maximum Gasteiger partial charge on any atom is 0.319 e. The fraction of sp³-hybridized carbons (Fsp3) is 0.143. The van der Waals surface area contributed by atoms with Crippen molar-refractivity contribution in [2.75, 3.05) is 12.4 Å². The van der Waals surface area contributed by atoms with Crippen molar-refractivity contribution in [3.63, 3.8) is 0 Å². The first kappa shape index (κ1) is 16.7. The van der Waals surface area contributed by atoms with Crippen molar-refractivity contribution in [2.45, 2.75) is 11.4 Å². The van der Waals surface area contributed by atoms with E-state index in [1.54, 1.807) is 30.5 Å². The predicted molar refractivity (Wildman–Crippen MR) is 84.5 cm³/mol. The first-order valence-corrected chi connectivity index (χ1v) is 8.10. The molecule has 2 rings (SSSR count). The second-order valence-corrected chi connectivity index (χ2v) is 6.12. The third-order valence-corrected chi connectivity index (χ3v) is 3.80. The highest BCUT2D eigenvalue weighted by Gasteiger charge is 2.10. The molecule has 1 aromatic heterocycles. The smallest absolute Gasteiger partial charge is 0.319 e. The first-order valence-electron chi connectivity index (χ1n) is 6.56. The van der Waals surface area contributed by atoms with E-state index in [1.807, 2.05) is 0 Å². The van der Waals surface area contributed by atoms with E-state index in [9.17, 15) is 13.2 Å². The summed E-state index contributed by atoms with van der Waals surface area (Å²) in [5, 5.41) is 10.3. The van der Waals surface area contributed by atoms with Crippen LogP contribution in [0.1, 0.15) is 5.56 Å². The lowest BCUT2D eigenvalue weighted by Gasteiger charge is -2.10. The summed E-state index contributed by atoms with van der Waals surface area (Å²) in [4.78, 5) is 15.8. The Kier molecular flexibility index (Phi) is 5.14. The Labute approximate surface area is 133 Å². The number of hydrogen-bond acceptors (Lipinski definition) is 5. The van der Waals surface area contributed by atoms with Crippen molar-refractivity contribution in [3.8, 4) is 5.88 Å². The molecule has 4 N–H and O–H groups in total. The number of anilines is 1. The number of aromatic nitrogens is 1. The van der Waals surface area contributed by atoms with Crippen LogP contribution < -0.4 is 20.5 Å². The normalized spacial score (nSPS) is 10.9. The zero-order chi connectivity index (χ0) is 16.9. The quantitative estimate of drug-likeness (QED) is 0.753. The third-order valence-electron chi connectivity index (χ3n) is 2.89. The molecule has 0 aliphatic heterocycles. The molecule has 0 unspecified atom stereocenters. The largest absolute Gasteiger partial charge is 0.480 e. The number of sulfonamides is 1. The molecule has 0 atom stereocenters. The van der Waals surface area contributed by atoms with E-state index in [0.717, 1.165) is 0 Å². The van der Waals surface area contributed by atoms with Crippen LogP contribution in [0.2, 0.25) is 0 Å². The molecule has 122 valence electrons. The Morgan fingerprint density at radius 3 is 2.78 bits per heavy atom. The average molecular weight is 336 g/mol. The van der Waals surface area contributed by atoms with Gasteiger partial charge in [0.05, 0.1) is 12.0 Å². The van der Waals surface area contributed by atoms with Crippen LogP contribution in [0.5, 0.6) is 5.88 Å². The molecule has 2 amide bonds. The van der Waals surface area contributed by atoms with E-state index >= 15 is 0 Å². The predicted octanol–water partition coefficient (Wildman–Crippen LogP) is 1.06. The SMILES string of the molecule is COc1ncccc1NC(=O)NCc1cccc(S(N)(=O)=O)c1. The summed E-state index contributed by atoms with van der Waals surface area (Å²) in [6, 6.07) is 8.86. The van der Waals surface area contributed by atoms with E-state index in [0.29, 0.717) is 17.1 Å². The van der Waals surface area contributed by atoms with Gasteiger partial charge >= 0.3 is 6.03 Å². The van der Waals surface area contributed by atoms with Gasteiger partial charge in [-0.15, -0.1) is 0 Å². The number of nitrogens with zero attached hydrogens (tertiary/aromatic N) is 1. The van der Waals surface area contributed by atoms with Crippen LogP contribution in [-0.4, -0.2) is 26.5 Å². The van der Waals surface area contributed by atoms with Crippen LogP contribution in [0.25, 0.3) is 0 Å². The van der Waals surface area contributed by atoms with Gasteiger partial charge in [-0.25, -0.2) is 23.3 Å². The lowest BCUT2D eigenvalue weighted by Crippen LogP contribution is -2.28. The van der Waals surface area contributed by atoms with Crippen LogP contribution in [0, 0.1) is 0 Å². The van der Waals surface area contributed by atoms with Gasteiger partial charge in [0, 0.05) is 12.7 Å². The second-order valence-electron chi connectivity index (χ2n) is 4.56. The fourth-order valence-corrected chi connectivity index (χ4v) is 2.41. The van der Waals surface area contributed by atoms with Crippen molar-refractivity contribution >= 4 is 21.7 Å². The van der Waals surface area contributed by atoms with Gasteiger partial charge in [0.1, 0.15) is 5.69 Å². The number of primary sulfonamides is 1. The highest BCUT2D eigenvalue weighted by molar-refractivity contribution is 7.89. The monoisotopic (exact) mass is 336 g/mol. The summed E-state index contributed by atoms with van der Waals surface area (Å²) < 4.78 is 27.6. The van der Waals surface area contributed by atoms with Crippen molar-refractivity contribution in [2.24, 2.45) is 5.14 Å². The van der Waals surface area contributed by atoms with E-state index < -0.39 is 16.1 Å². The van der Waals surface area contributed by atoms with Crippen LogP contribution in [0.3, 0.4) is 0 Å². The summed E-state index contributed by atoms with van der Waals surface area (Å²) in [6.45, 7) is 0.137. The van der Waals surface area contributed by atoms with Gasteiger partial charge in [-0.2, -0.15) is 0 Å². The lowest BCUT2D eigenvalue weighted by molar-refractivity contribution is 0.251. The van der Waals surface area contributed by atoms with Crippen LogP contribution in [0.15, 0.2) is 47.5 Å². The highest BCUT2D eigenvalue weighted by Crippen LogP contribution is 2.19. The van der Waals surface area contributed by atoms with Gasteiger partial charge in [0.25, 0.3) is 0 Å². The Morgan fingerprint density at radius 1 is 1.30 bits per heavy atom. The molecule has 0 saturated carbocycles. The first-order chi connectivity index (χ1) is 10.9. The molecule has 0 fully saturated rings. The van der Waals surface area contributed by atoms with Gasteiger partial charge in [0.2, 0.25) is 15.9 Å². The number of amides is 2. The van der Waals surface area contributed by atoms with Crippen LogP contribution in [0.4, 0.5) is 10.5 Å². The minimum Gasteiger partial charge on any atom is -0.480 e. The molecule has 8 nitrogen and oxygen atoms in total. The third kappa shape index (κ3) is 4.66.